The van der Waals surface area contributed by atoms with Crippen molar-refractivity contribution in [1.82, 2.24) is 15.0 Å². The lowest BCUT2D eigenvalue weighted by atomic mass is 10.1. The molecule has 1 fully saturated rings. The Bertz CT molecular complexity index is 1090. The molecule has 0 spiro atoms. The quantitative estimate of drug-likeness (QED) is 0.709. The van der Waals surface area contributed by atoms with E-state index in [0.717, 1.165) is 35.4 Å². The number of nitrogens with zero attached hydrogens (tertiary/aromatic N) is 3. The number of sulfone groups is 1. The van der Waals surface area contributed by atoms with Crippen molar-refractivity contribution in [2.75, 3.05) is 31.2 Å². The number of aromatic nitrogens is 3. The molecule has 1 saturated heterocycles. The summed E-state index contributed by atoms with van der Waals surface area (Å²) in [5.74, 6) is 1.20. The zero-order valence-corrected chi connectivity index (χ0v) is 16.9. The number of anilines is 1. The van der Waals surface area contributed by atoms with E-state index in [1.54, 1.807) is 19.9 Å². The summed E-state index contributed by atoms with van der Waals surface area (Å²) in [5, 5.41) is 0.614. The minimum atomic E-state index is -3.26. The van der Waals surface area contributed by atoms with Gasteiger partial charge in [-0.3, -0.25) is 0 Å². The summed E-state index contributed by atoms with van der Waals surface area (Å²) in [7, 11) is -3.26. The maximum atomic E-state index is 12.5. The van der Waals surface area contributed by atoms with Crippen LogP contribution in [0.15, 0.2) is 36.5 Å². The van der Waals surface area contributed by atoms with Gasteiger partial charge in [-0.05, 0) is 38.1 Å². The highest BCUT2D eigenvalue weighted by Crippen LogP contribution is 2.25. The first-order valence-corrected chi connectivity index (χ1v) is 11.1. The monoisotopic (exact) mass is 400 g/mol. The first kappa shape index (κ1) is 18.9. The van der Waals surface area contributed by atoms with Gasteiger partial charge in [-0.15, -0.1) is 0 Å². The molecule has 0 saturated carbocycles. The smallest absolute Gasteiger partial charge is 0.161 e. The van der Waals surface area contributed by atoms with E-state index in [-0.39, 0.29) is 5.75 Å². The topological polar surface area (TPSA) is 88.2 Å². The van der Waals surface area contributed by atoms with Crippen LogP contribution in [0.2, 0.25) is 0 Å². The number of benzene rings is 1. The lowest BCUT2D eigenvalue weighted by Crippen LogP contribution is -2.37. The lowest BCUT2D eigenvalue weighted by Gasteiger charge is -2.28. The van der Waals surface area contributed by atoms with Gasteiger partial charge in [0.15, 0.2) is 15.7 Å². The third-order valence-electron chi connectivity index (χ3n) is 4.98. The van der Waals surface area contributed by atoms with Crippen LogP contribution in [0.25, 0.3) is 22.3 Å². The van der Waals surface area contributed by atoms with E-state index < -0.39 is 15.1 Å². The zero-order chi connectivity index (χ0) is 19.7. The fourth-order valence-corrected chi connectivity index (χ4v) is 4.10. The number of hydrogen-bond donors (Lipinski definition) is 1. The van der Waals surface area contributed by atoms with E-state index in [2.05, 4.69) is 14.9 Å². The molecule has 0 atom stereocenters. The summed E-state index contributed by atoms with van der Waals surface area (Å²) in [6.45, 7) is 6.11. The Hall–Kier alpha value is -2.45. The fraction of sp³-hybridized carbons (Fsp3) is 0.400. The van der Waals surface area contributed by atoms with E-state index in [1.165, 1.54) is 0 Å². The Kier molecular flexibility index (Phi) is 5.07. The SMILES string of the molecule is CC(C)S(=O)(=O)Cc1cc(N2CCOCC2)nc(-c2ccc3[nH]ccc3c2)n1. The van der Waals surface area contributed by atoms with E-state index in [0.29, 0.717) is 24.7 Å². The molecule has 0 unspecified atom stereocenters. The van der Waals surface area contributed by atoms with Crippen molar-refractivity contribution in [2.24, 2.45) is 0 Å². The molecule has 0 bridgehead atoms. The molecule has 4 rings (SSSR count). The van der Waals surface area contributed by atoms with Crippen LogP contribution in [0.1, 0.15) is 19.5 Å². The van der Waals surface area contributed by atoms with Crippen molar-refractivity contribution in [3.8, 4) is 11.4 Å². The minimum Gasteiger partial charge on any atom is -0.378 e. The van der Waals surface area contributed by atoms with Crippen LogP contribution in [0.4, 0.5) is 5.82 Å². The van der Waals surface area contributed by atoms with Crippen LogP contribution in [0.5, 0.6) is 0 Å². The number of ether oxygens (including phenoxy) is 1. The third kappa shape index (κ3) is 3.88. The van der Waals surface area contributed by atoms with Crippen LogP contribution in [-0.2, 0) is 20.3 Å². The number of aromatic amines is 1. The average molecular weight is 401 g/mol. The Morgan fingerprint density at radius 1 is 1.14 bits per heavy atom. The summed E-state index contributed by atoms with van der Waals surface area (Å²) >= 11 is 0. The van der Waals surface area contributed by atoms with Crippen LogP contribution in [-0.4, -0.2) is 54.9 Å². The second-order valence-electron chi connectivity index (χ2n) is 7.28. The largest absolute Gasteiger partial charge is 0.378 e. The van der Waals surface area contributed by atoms with Crippen molar-refractivity contribution in [3.05, 3.63) is 42.2 Å². The Morgan fingerprint density at radius 2 is 1.93 bits per heavy atom. The molecule has 8 heteroatoms. The normalized spacial score (nSPS) is 15.5. The molecular weight excluding hydrogens is 376 g/mol. The van der Waals surface area contributed by atoms with Crippen LogP contribution >= 0.6 is 0 Å². The molecule has 7 nitrogen and oxygen atoms in total. The lowest BCUT2D eigenvalue weighted by molar-refractivity contribution is 0.122. The van der Waals surface area contributed by atoms with Gasteiger partial charge in [0.1, 0.15) is 5.82 Å². The molecule has 1 aliphatic heterocycles. The van der Waals surface area contributed by atoms with Gasteiger partial charge in [0.2, 0.25) is 0 Å². The zero-order valence-electron chi connectivity index (χ0n) is 16.1. The maximum Gasteiger partial charge on any atom is 0.161 e. The fourth-order valence-electron chi connectivity index (χ4n) is 3.21. The van der Waals surface area contributed by atoms with Crippen LogP contribution < -0.4 is 4.90 Å². The molecule has 0 radical (unpaired) electrons. The first-order chi connectivity index (χ1) is 13.4. The predicted octanol–water partition coefficient (Wildman–Crippen LogP) is 2.78. The molecule has 0 amide bonds. The highest BCUT2D eigenvalue weighted by atomic mass is 32.2. The van der Waals surface area contributed by atoms with Crippen molar-refractivity contribution >= 4 is 26.6 Å². The first-order valence-electron chi connectivity index (χ1n) is 9.42. The second-order valence-corrected chi connectivity index (χ2v) is 9.83. The third-order valence-corrected chi connectivity index (χ3v) is 7.11. The van der Waals surface area contributed by atoms with Crippen molar-refractivity contribution in [1.29, 1.82) is 0 Å². The van der Waals surface area contributed by atoms with Crippen molar-refractivity contribution in [2.45, 2.75) is 24.9 Å². The highest BCUT2D eigenvalue weighted by molar-refractivity contribution is 7.91. The predicted molar refractivity (Wildman–Crippen MR) is 110 cm³/mol. The van der Waals surface area contributed by atoms with Gasteiger partial charge in [0, 0.05) is 41.8 Å². The molecule has 2 aromatic heterocycles. The summed E-state index contributed by atoms with van der Waals surface area (Å²) in [6, 6.07) is 9.75. The average Bonchev–Trinajstić information content (AvgIpc) is 3.16. The summed E-state index contributed by atoms with van der Waals surface area (Å²) < 4.78 is 30.4. The van der Waals surface area contributed by atoms with E-state index in [9.17, 15) is 8.42 Å². The number of H-pyrrole nitrogens is 1. The van der Waals surface area contributed by atoms with Crippen LogP contribution in [0, 0.1) is 0 Å². The standard InChI is InChI=1S/C20H24N4O3S/c1-14(2)28(25,26)13-17-12-19(24-7-9-27-10-8-24)23-20(22-17)16-3-4-18-15(11-16)5-6-21-18/h3-6,11-12,14,21H,7-10,13H2,1-2H3. The molecule has 0 aliphatic carbocycles. The summed E-state index contributed by atoms with van der Waals surface area (Å²) in [5.41, 5.74) is 2.43. The number of morpholine rings is 1. The summed E-state index contributed by atoms with van der Waals surface area (Å²) in [6.07, 6.45) is 1.89. The molecule has 28 heavy (non-hydrogen) atoms. The van der Waals surface area contributed by atoms with Crippen LogP contribution in [0.3, 0.4) is 0 Å². The molecule has 1 aliphatic rings. The van der Waals surface area contributed by atoms with Crippen molar-refractivity contribution < 1.29 is 13.2 Å². The molecule has 3 heterocycles. The van der Waals surface area contributed by atoms with Gasteiger partial charge in [-0.1, -0.05) is 0 Å². The number of rotatable bonds is 5. The van der Waals surface area contributed by atoms with Crippen molar-refractivity contribution in [3.63, 3.8) is 0 Å². The van der Waals surface area contributed by atoms with Gasteiger partial charge in [-0.25, -0.2) is 18.4 Å². The molecule has 148 valence electrons. The van der Waals surface area contributed by atoms with Gasteiger partial charge in [-0.2, -0.15) is 0 Å². The number of fused-ring (bicyclic) bond motifs is 1. The van der Waals surface area contributed by atoms with Gasteiger partial charge in [0.25, 0.3) is 0 Å². The molecular formula is C20H24N4O3S. The van der Waals surface area contributed by atoms with E-state index in [4.69, 9.17) is 9.72 Å². The maximum absolute atomic E-state index is 12.5. The van der Waals surface area contributed by atoms with E-state index in [1.807, 2.05) is 30.5 Å². The molecule has 1 N–H and O–H groups in total. The molecule has 3 aromatic rings. The second kappa shape index (κ2) is 7.52. The van der Waals surface area contributed by atoms with E-state index >= 15 is 0 Å². The van der Waals surface area contributed by atoms with Gasteiger partial charge >= 0.3 is 0 Å². The summed E-state index contributed by atoms with van der Waals surface area (Å²) in [4.78, 5) is 14.6. The number of nitrogens with one attached hydrogen (secondary N) is 1. The minimum absolute atomic E-state index is 0.0933. The highest BCUT2D eigenvalue weighted by Gasteiger charge is 2.21. The number of hydrogen-bond acceptors (Lipinski definition) is 6. The Labute approximate surface area is 164 Å². The van der Waals surface area contributed by atoms with Gasteiger partial charge in [0.05, 0.1) is 29.9 Å². The Morgan fingerprint density at radius 3 is 2.68 bits per heavy atom. The molecule has 1 aromatic carbocycles. The Balaban J connectivity index is 1.78. The van der Waals surface area contributed by atoms with Gasteiger partial charge < -0.3 is 14.6 Å².